The van der Waals surface area contributed by atoms with E-state index in [1.54, 1.807) is 22.2 Å². The van der Waals surface area contributed by atoms with E-state index < -0.39 is 6.10 Å². The minimum absolute atomic E-state index is 0.0259. The minimum atomic E-state index is -0.711. The van der Waals surface area contributed by atoms with Gasteiger partial charge in [-0.15, -0.1) is 11.3 Å². The average Bonchev–Trinajstić information content (AvgIpc) is 2.96. The molecular formula is C19H20N2O2S. The number of nitrogens with zero attached hydrogens (tertiary/aromatic N) is 2. The Labute approximate surface area is 144 Å². The number of hydrogen-bond acceptors (Lipinski definition) is 4. The molecule has 0 aliphatic heterocycles. The second-order valence-electron chi connectivity index (χ2n) is 6.66. The van der Waals surface area contributed by atoms with Crippen LogP contribution in [0, 0.1) is 5.92 Å². The van der Waals surface area contributed by atoms with Crippen molar-refractivity contribution in [3.05, 3.63) is 63.0 Å². The van der Waals surface area contributed by atoms with Crippen molar-refractivity contribution in [2.45, 2.75) is 38.8 Å². The summed E-state index contributed by atoms with van der Waals surface area (Å²) in [6.45, 7) is 2.49. The van der Waals surface area contributed by atoms with E-state index in [4.69, 9.17) is 0 Å². The third-order valence-corrected chi connectivity index (χ3v) is 6.00. The highest BCUT2D eigenvalue weighted by Gasteiger charge is 2.23. The molecule has 1 aliphatic carbocycles. The maximum Gasteiger partial charge on any atom is 0.262 e. The van der Waals surface area contributed by atoms with Gasteiger partial charge in [-0.25, -0.2) is 4.98 Å². The summed E-state index contributed by atoms with van der Waals surface area (Å²) in [5.74, 6) is 0.674. The van der Waals surface area contributed by atoms with E-state index in [0.29, 0.717) is 5.92 Å². The van der Waals surface area contributed by atoms with E-state index >= 15 is 0 Å². The van der Waals surface area contributed by atoms with Crippen molar-refractivity contribution in [3.8, 4) is 0 Å². The van der Waals surface area contributed by atoms with Crippen LogP contribution in [0.15, 0.2) is 41.5 Å². The standard InChI is InChI=1S/C19H20N2O2S/c1-12-7-8-14-16(9-12)24-18-17(14)19(23)21(11-20-18)10-15(22)13-5-3-2-4-6-13/h2-6,11-12,15,22H,7-10H2,1H3. The highest BCUT2D eigenvalue weighted by Crippen LogP contribution is 2.35. The predicted molar refractivity (Wildman–Crippen MR) is 96.5 cm³/mol. The second-order valence-corrected chi connectivity index (χ2v) is 7.74. The first kappa shape index (κ1) is 15.5. The molecule has 2 aromatic heterocycles. The van der Waals surface area contributed by atoms with Crippen molar-refractivity contribution in [3.63, 3.8) is 0 Å². The van der Waals surface area contributed by atoms with E-state index in [1.807, 2.05) is 30.3 Å². The molecule has 2 unspecified atom stereocenters. The van der Waals surface area contributed by atoms with Crippen LogP contribution in [0.4, 0.5) is 0 Å². The number of aryl methyl sites for hydroxylation is 1. The van der Waals surface area contributed by atoms with Gasteiger partial charge in [-0.05, 0) is 36.3 Å². The summed E-state index contributed by atoms with van der Waals surface area (Å²) in [6, 6.07) is 9.43. The molecule has 0 amide bonds. The van der Waals surface area contributed by atoms with E-state index in [1.165, 1.54) is 10.4 Å². The Morgan fingerprint density at radius 3 is 2.96 bits per heavy atom. The molecule has 4 nitrogen and oxygen atoms in total. The zero-order chi connectivity index (χ0) is 16.7. The van der Waals surface area contributed by atoms with Gasteiger partial charge < -0.3 is 5.11 Å². The van der Waals surface area contributed by atoms with Gasteiger partial charge in [-0.2, -0.15) is 0 Å². The van der Waals surface area contributed by atoms with Crippen molar-refractivity contribution in [2.24, 2.45) is 5.92 Å². The number of fused-ring (bicyclic) bond motifs is 3. The lowest BCUT2D eigenvalue weighted by Gasteiger charge is -2.17. The van der Waals surface area contributed by atoms with Gasteiger partial charge in [0.25, 0.3) is 5.56 Å². The molecule has 2 atom stereocenters. The van der Waals surface area contributed by atoms with E-state index in [0.717, 1.165) is 35.0 Å². The van der Waals surface area contributed by atoms with Crippen LogP contribution in [0.5, 0.6) is 0 Å². The normalized spacial score (nSPS) is 18.5. The lowest BCUT2D eigenvalue weighted by atomic mass is 9.89. The topological polar surface area (TPSA) is 55.1 Å². The Morgan fingerprint density at radius 2 is 2.17 bits per heavy atom. The molecule has 1 N–H and O–H groups in total. The smallest absolute Gasteiger partial charge is 0.262 e. The molecule has 124 valence electrons. The molecule has 0 bridgehead atoms. The summed E-state index contributed by atoms with van der Waals surface area (Å²) >= 11 is 1.65. The highest BCUT2D eigenvalue weighted by atomic mass is 32.1. The molecule has 0 saturated carbocycles. The van der Waals surface area contributed by atoms with Gasteiger partial charge >= 0.3 is 0 Å². The number of aliphatic hydroxyl groups is 1. The van der Waals surface area contributed by atoms with Crippen LogP contribution in [-0.4, -0.2) is 14.7 Å². The first-order chi connectivity index (χ1) is 11.6. The fourth-order valence-electron chi connectivity index (χ4n) is 3.46. The van der Waals surface area contributed by atoms with Crippen LogP contribution in [0.3, 0.4) is 0 Å². The lowest BCUT2D eigenvalue weighted by Crippen LogP contribution is -2.24. The van der Waals surface area contributed by atoms with Gasteiger partial charge in [0.15, 0.2) is 0 Å². The molecule has 1 aromatic carbocycles. The molecule has 0 fully saturated rings. The Morgan fingerprint density at radius 1 is 1.38 bits per heavy atom. The zero-order valence-corrected chi connectivity index (χ0v) is 14.4. The predicted octanol–water partition coefficient (Wildman–Crippen LogP) is 3.32. The summed E-state index contributed by atoms with van der Waals surface area (Å²) in [5, 5.41) is 11.2. The van der Waals surface area contributed by atoms with Gasteiger partial charge in [-0.3, -0.25) is 9.36 Å². The fraction of sp³-hybridized carbons (Fsp3) is 0.368. The maximum atomic E-state index is 12.9. The number of thiophene rings is 1. The lowest BCUT2D eigenvalue weighted by molar-refractivity contribution is 0.155. The van der Waals surface area contributed by atoms with Crippen LogP contribution in [0.2, 0.25) is 0 Å². The van der Waals surface area contributed by atoms with Gasteiger partial charge in [-0.1, -0.05) is 37.3 Å². The van der Waals surface area contributed by atoms with E-state index in [9.17, 15) is 9.90 Å². The monoisotopic (exact) mass is 340 g/mol. The van der Waals surface area contributed by atoms with Crippen LogP contribution in [0.25, 0.3) is 10.2 Å². The van der Waals surface area contributed by atoms with Crippen LogP contribution < -0.4 is 5.56 Å². The molecular weight excluding hydrogens is 320 g/mol. The summed E-state index contributed by atoms with van der Waals surface area (Å²) in [6.07, 6.45) is 3.99. The van der Waals surface area contributed by atoms with Gasteiger partial charge in [0.2, 0.25) is 0 Å². The number of aliphatic hydroxyl groups excluding tert-OH is 1. The number of aromatic nitrogens is 2. The number of rotatable bonds is 3. The molecule has 24 heavy (non-hydrogen) atoms. The highest BCUT2D eigenvalue weighted by molar-refractivity contribution is 7.18. The van der Waals surface area contributed by atoms with Crippen LogP contribution >= 0.6 is 11.3 Å². The van der Waals surface area contributed by atoms with Crippen molar-refractivity contribution >= 4 is 21.6 Å². The Hall–Kier alpha value is -1.98. The fourth-order valence-corrected chi connectivity index (χ4v) is 4.80. The molecule has 1 aliphatic rings. The first-order valence-electron chi connectivity index (χ1n) is 8.36. The molecule has 3 aromatic rings. The summed E-state index contributed by atoms with van der Waals surface area (Å²) in [4.78, 5) is 19.6. The Kier molecular flexibility index (Phi) is 3.98. The first-order valence-corrected chi connectivity index (χ1v) is 9.18. The molecule has 5 heteroatoms. The molecule has 0 radical (unpaired) electrons. The molecule has 0 spiro atoms. The maximum absolute atomic E-state index is 12.9. The van der Waals surface area contributed by atoms with Crippen LogP contribution in [0.1, 0.15) is 35.5 Å². The van der Waals surface area contributed by atoms with E-state index in [2.05, 4.69) is 11.9 Å². The van der Waals surface area contributed by atoms with Gasteiger partial charge in [0.05, 0.1) is 24.4 Å². The summed E-state index contributed by atoms with van der Waals surface area (Å²) in [7, 11) is 0. The quantitative estimate of drug-likeness (QED) is 0.796. The Bertz CT molecular complexity index is 930. The number of benzene rings is 1. The van der Waals surface area contributed by atoms with Crippen LogP contribution in [-0.2, 0) is 19.4 Å². The Balaban J connectivity index is 1.72. The van der Waals surface area contributed by atoms with Crippen molar-refractivity contribution in [1.29, 1.82) is 0 Å². The number of hydrogen-bond donors (Lipinski definition) is 1. The molecule has 0 saturated heterocycles. The van der Waals surface area contributed by atoms with Crippen molar-refractivity contribution in [1.82, 2.24) is 9.55 Å². The van der Waals surface area contributed by atoms with Gasteiger partial charge in [0.1, 0.15) is 4.83 Å². The average molecular weight is 340 g/mol. The van der Waals surface area contributed by atoms with Crippen molar-refractivity contribution in [2.75, 3.05) is 0 Å². The zero-order valence-electron chi connectivity index (χ0n) is 13.6. The van der Waals surface area contributed by atoms with Crippen molar-refractivity contribution < 1.29 is 5.11 Å². The minimum Gasteiger partial charge on any atom is -0.387 e. The molecule has 4 rings (SSSR count). The second kappa shape index (κ2) is 6.15. The third kappa shape index (κ3) is 2.68. The third-order valence-electron chi connectivity index (χ3n) is 4.84. The summed E-state index contributed by atoms with van der Waals surface area (Å²) < 4.78 is 1.55. The summed E-state index contributed by atoms with van der Waals surface area (Å²) in [5.41, 5.74) is 1.97. The largest absolute Gasteiger partial charge is 0.387 e. The SMILES string of the molecule is CC1CCc2c(sc3ncn(CC(O)c4ccccc4)c(=O)c23)C1. The van der Waals surface area contributed by atoms with Gasteiger partial charge in [0, 0.05) is 4.88 Å². The van der Waals surface area contributed by atoms with E-state index in [-0.39, 0.29) is 12.1 Å². The molecule has 2 heterocycles.